The van der Waals surface area contributed by atoms with Gasteiger partial charge in [-0.25, -0.2) is 4.79 Å². The lowest BCUT2D eigenvalue weighted by atomic mass is 10.2. The molecule has 0 atom stereocenters. The molecule has 0 aliphatic heterocycles. The highest BCUT2D eigenvalue weighted by Gasteiger charge is 2.04. The van der Waals surface area contributed by atoms with Crippen LogP contribution >= 0.6 is 0 Å². The molecule has 0 saturated carbocycles. The van der Waals surface area contributed by atoms with Crippen molar-refractivity contribution in [2.45, 2.75) is 6.61 Å². The topological polar surface area (TPSA) is 65.0 Å². The maximum Gasteiger partial charge on any atom is 0.506 e. The number of benzene rings is 1. The molecule has 0 aliphatic carbocycles. The van der Waals surface area contributed by atoms with Crippen molar-refractivity contribution in [3.63, 3.8) is 0 Å². The molecule has 0 unspecified atom stereocenters. The summed E-state index contributed by atoms with van der Waals surface area (Å²) in [5.41, 5.74) is 0.675. The molecule has 5 heteroatoms. The minimum absolute atomic E-state index is 0.0249. The highest BCUT2D eigenvalue weighted by Crippen LogP contribution is 2.22. The number of hydrogen-bond donors (Lipinski definition) is 1. The second kappa shape index (κ2) is 5.09. The molecule has 0 amide bonds. The van der Waals surface area contributed by atoms with Gasteiger partial charge in [-0.3, -0.25) is 0 Å². The summed E-state index contributed by atoms with van der Waals surface area (Å²) in [7, 11) is 3.05. The second-order valence-electron chi connectivity index (χ2n) is 2.78. The summed E-state index contributed by atoms with van der Waals surface area (Å²) in [5, 5.41) is 8.34. The van der Waals surface area contributed by atoms with Gasteiger partial charge in [0.15, 0.2) is 0 Å². The molecule has 1 aromatic carbocycles. The maximum atomic E-state index is 10.2. The molecule has 1 aromatic rings. The monoisotopic (exact) mass is 212 g/mol. The van der Waals surface area contributed by atoms with E-state index in [2.05, 4.69) is 4.74 Å². The smallest absolute Gasteiger partial charge is 0.497 e. The van der Waals surface area contributed by atoms with Crippen LogP contribution in [-0.4, -0.2) is 25.5 Å². The Morgan fingerprint density at radius 2 is 1.73 bits per heavy atom. The molecular formula is C10H12O5. The zero-order valence-electron chi connectivity index (χ0n) is 8.52. The van der Waals surface area contributed by atoms with Gasteiger partial charge in [0, 0.05) is 6.07 Å². The van der Waals surface area contributed by atoms with Crippen LogP contribution in [0, 0.1) is 0 Å². The molecule has 5 nitrogen and oxygen atoms in total. The van der Waals surface area contributed by atoms with Crippen molar-refractivity contribution >= 4 is 6.16 Å². The Bertz CT molecular complexity index is 325. The fourth-order valence-electron chi connectivity index (χ4n) is 1.09. The van der Waals surface area contributed by atoms with Gasteiger partial charge in [0.05, 0.1) is 14.2 Å². The fraction of sp³-hybridized carbons (Fsp3) is 0.300. The van der Waals surface area contributed by atoms with E-state index >= 15 is 0 Å². The van der Waals surface area contributed by atoms with Gasteiger partial charge >= 0.3 is 6.16 Å². The first-order valence-electron chi connectivity index (χ1n) is 4.23. The van der Waals surface area contributed by atoms with E-state index in [1.807, 2.05) is 0 Å². The van der Waals surface area contributed by atoms with Crippen LogP contribution in [0.3, 0.4) is 0 Å². The van der Waals surface area contributed by atoms with Crippen molar-refractivity contribution in [3.8, 4) is 11.5 Å². The molecule has 0 fully saturated rings. The predicted octanol–water partition coefficient (Wildman–Crippen LogP) is 1.90. The van der Waals surface area contributed by atoms with Crippen molar-refractivity contribution in [3.05, 3.63) is 23.8 Å². The summed E-state index contributed by atoms with van der Waals surface area (Å²) in [6, 6.07) is 5.07. The van der Waals surface area contributed by atoms with Crippen LogP contribution in [0.15, 0.2) is 18.2 Å². The predicted molar refractivity (Wildman–Crippen MR) is 52.4 cm³/mol. The number of hydrogen-bond acceptors (Lipinski definition) is 4. The van der Waals surface area contributed by atoms with Gasteiger partial charge in [-0.05, 0) is 17.7 Å². The van der Waals surface area contributed by atoms with Crippen LogP contribution in [0.5, 0.6) is 11.5 Å². The van der Waals surface area contributed by atoms with E-state index in [-0.39, 0.29) is 6.61 Å². The number of methoxy groups -OCH3 is 2. The van der Waals surface area contributed by atoms with Crippen LogP contribution in [-0.2, 0) is 11.3 Å². The summed E-state index contributed by atoms with van der Waals surface area (Å²) in [4.78, 5) is 10.2. The van der Waals surface area contributed by atoms with Gasteiger partial charge in [-0.1, -0.05) is 0 Å². The Morgan fingerprint density at radius 3 is 2.13 bits per heavy atom. The SMILES string of the molecule is COc1cc(COC(=O)O)cc(OC)c1. The number of rotatable bonds is 4. The van der Waals surface area contributed by atoms with Gasteiger partial charge < -0.3 is 19.3 Å². The van der Waals surface area contributed by atoms with E-state index in [4.69, 9.17) is 14.6 Å². The highest BCUT2D eigenvalue weighted by atomic mass is 16.7. The van der Waals surface area contributed by atoms with E-state index < -0.39 is 6.16 Å². The normalized spacial score (nSPS) is 9.47. The summed E-state index contributed by atoms with van der Waals surface area (Å²) >= 11 is 0. The molecule has 0 aliphatic rings. The summed E-state index contributed by atoms with van der Waals surface area (Å²) in [6.45, 7) is -0.0249. The number of carbonyl (C=O) groups is 1. The largest absolute Gasteiger partial charge is 0.506 e. The van der Waals surface area contributed by atoms with Crippen molar-refractivity contribution in [1.29, 1.82) is 0 Å². The molecule has 0 aromatic heterocycles. The molecule has 1 rings (SSSR count). The lowest BCUT2D eigenvalue weighted by Crippen LogP contribution is -2.00. The average molecular weight is 212 g/mol. The molecular weight excluding hydrogens is 200 g/mol. The Kier molecular flexibility index (Phi) is 3.79. The molecule has 0 radical (unpaired) electrons. The Labute approximate surface area is 87.2 Å². The van der Waals surface area contributed by atoms with Crippen LogP contribution in [0.2, 0.25) is 0 Å². The summed E-state index contributed by atoms with van der Waals surface area (Å²) < 4.78 is 14.5. The Hall–Kier alpha value is -1.91. The third-order valence-electron chi connectivity index (χ3n) is 1.77. The summed E-state index contributed by atoms with van der Waals surface area (Å²) in [6.07, 6.45) is -1.31. The summed E-state index contributed by atoms with van der Waals surface area (Å²) in [5.74, 6) is 1.19. The van der Waals surface area contributed by atoms with E-state index in [9.17, 15) is 4.79 Å². The highest BCUT2D eigenvalue weighted by molar-refractivity contribution is 5.57. The van der Waals surface area contributed by atoms with Crippen molar-refractivity contribution in [2.75, 3.05) is 14.2 Å². The van der Waals surface area contributed by atoms with E-state index in [0.717, 1.165) is 0 Å². The third kappa shape index (κ3) is 3.38. The molecule has 0 bridgehead atoms. The molecule has 0 saturated heterocycles. The molecule has 82 valence electrons. The van der Waals surface area contributed by atoms with Crippen LogP contribution < -0.4 is 9.47 Å². The Morgan fingerprint density at radius 1 is 1.20 bits per heavy atom. The fourth-order valence-corrected chi connectivity index (χ4v) is 1.09. The van der Waals surface area contributed by atoms with Gasteiger partial charge in [0.25, 0.3) is 0 Å². The van der Waals surface area contributed by atoms with E-state index in [1.54, 1.807) is 18.2 Å². The van der Waals surface area contributed by atoms with E-state index in [0.29, 0.717) is 17.1 Å². The Balaban J connectivity index is 2.81. The standard InChI is InChI=1S/C10H12O5/c1-13-8-3-7(6-15-10(11)12)4-9(5-8)14-2/h3-5H,6H2,1-2H3,(H,11,12). The van der Waals surface area contributed by atoms with Gasteiger partial charge in [0.2, 0.25) is 0 Å². The zero-order chi connectivity index (χ0) is 11.3. The van der Waals surface area contributed by atoms with Gasteiger partial charge in [-0.15, -0.1) is 0 Å². The molecule has 1 N–H and O–H groups in total. The van der Waals surface area contributed by atoms with Crippen LogP contribution in [0.4, 0.5) is 4.79 Å². The lowest BCUT2D eigenvalue weighted by molar-refractivity contribution is 0.0852. The average Bonchev–Trinajstić information content (AvgIpc) is 2.25. The van der Waals surface area contributed by atoms with Crippen LogP contribution in [0.25, 0.3) is 0 Å². The minimum Gasteiger partial charge on any atom is -0.497 e. The van der Waals surface area contributed by atoms with Crippen LogP contribution in [0.1, 0.15) is 5.56 Å². The maximum absolute atomic E-state index is 10.2. The van der Waals surface area contributed by atoms with Gasteiger partial charge in [-0.2, -0.15) is 0 Å². The number of ether oxygens (including phenoxy) is 3. The third-order valence-corrected chi connectivity index (χ3v) is 1.77. The quantitative estimate of drug-likeness (QED) is 0.772. The molecule has 0 heterocycles. The van der Waals surface area contributed by atoms with Crippen molar-refractivity contribution < 1.29 is 24.1 Å². The first kappa shape index (κ1) is 11.2. The first-order valence-corrected chi connectivity index (χ1v) is 4.23. The van der Waals surface area contributed by atoms with Crippen molar-refractivity contribution in [2.24, 2.45) is 0 Å². The van der Waals surface area contributed by atoms with Crippen molar-refractivity contribution in [1.82, 2.24) is 0 Å². The van der Waals surface area contributed by atoms with E-state index in [1.165, 1.54) is 14.2 Å². The molecule has 15 heavy (non-hydrogen) atoms. The van der Waals surface area contributed by atoms with Gasteiger partial charge in [0.1, 0.15) is 18.1 Å². The minimum atomic E-state index is -1.31. The zero-order valence-corrected chi connectivity index (χ0v) is 8.52. The second-order valence-corrected chi connectivity index (χ2v) is 2.78. The molecule has 0 spiro atoms. The lowest BCUT2D eigenvalue weighted by Gasteiger charge is -2.07. The first-order chi connectivity index (χ1) is 7.15. The number of carboxylic acid groups (broad SMARTS) is 1.